The number of nitrogen functional groups attached to an aromatic ring is 1. The second kappa shape index (κ2) is 5.88. The predicted molar refractivity (Wildman–Crippen MR) is 61.1 cm³/mol. The lowest BCUT2D eigenvalue weighted by molar-refractivity contribution is 0.250. The van der Waals surface area contributed by atoms with E-state index < -0.39 is 0 Å². The highest BCUT2D eigenvalue weighted by atomic mass is 32.2. The quantitative estimate of drug-likeness (QED) is 0.777. The van der Waals surface area contributed by atoms with E-state index in [0.717, 1.165) is 17.2 Å². The first-order valence-corrected chi connectivity index (χ1v) is 5.78. The van der Waals surface area contributed by atoms with Crippen molar-refractivity contribution in [2.24, 2.45) is 5.92 Å². The van der Waals surface area contributed by atoms with Crippen LogP contribution in [-0.2, 0) is 5.75 Å². The number of hydrogen-bond acceptors (Lipinski definition) is 4. The molecule has 0 aliphatic rings. The van der Waals surface area contributed by atoms with Crippen LogP contribution < -0.4 is 5.73 Å². The molecule has 1 aromatic rings. The van der Waals surface area contributed by atoms with E-state index in [1.165, 1.54) is 0 Å². The Morgan fingerprint density at radius 1 is 1.57 bits per heavy atom. The number of pyridine rings is 1. The summed E-state index contributed by atoms with van der Waals surface area (Å²) in [6.45, 7) is 2.27. The predicted octanol–water partition coefficient (Wildman–Crippen LogP) is 1.53. The van der Waals surface area contributed by atoms with Crippen LogP contribution in [0.4, 0.5) is 5.82 Å². The van der Waals surface area contributed by atoms with Gasteiger partial charge >= 0.3 is 0 Å². The molecule has 1 heterocycles. The summed E-state index contributed by atoms with van der Waals surface area (Å²) in [7, 11) is 0. The van der Waals surface area contributed by atoms with Crippen LogP contribution in [-0.4, -0.2) is 22.5 Å². The number of rotatable bonds is 5. The third-order valence-corrected chi connectivity index (χ3v) is 3.10. The average Bonchev–Trinajstić information content (AvgIpc) is 2.17. The molecule has 1 unspecified atom stereocenters. The van der Waals surface area contributed by atoms with Crippen molar-refractivity contribution in [2.45, 2.75) is 12.7 Å². The van der Waals surface area contributed by atoms with Gasteiger partial charge in [0.25, 0.3) is 0 Å². The number of nitrogens with zero attached hydrogens (tertiary/aromatic N) is 1. The molecule has 0 aliphatic heterocycles. The molecule has 0 saturated carbocycles. The van der Waals surface area contributed by atoms with Crippen molar-refractivity contribution in [3.05, 3.63) is 23.9 Å². The Kier molecular flexibility index (Phi) is 4.76. The van der Waals surface area contributed by atoms with E-state index in [1.54, 1.807) is 17.8 Å². The lowest BCUT2D eigenvalue weighted by Crippen LogP contribution is -2.04. The van der Waals surface area contributed by atoms with Crippen molar-refractivity contribution >= 4 is 17.6 Å². The number of aliphatic hydroxyl groups excluding tert-OH is 1. The Balaban J connectivity index is 2.31. The van der Waals surface area contributed by atoms with Crippen LogP contribution in [0.3, 0.4) is 0 Å². The first-order chi connectivity index (χ1) is 6.72. The van der Waals surface area contributed by atoms with Gasteiger partial charge in [-0.3, -0.25) is 0 Å². The maximum absolute atomic E-state index is 8.83. The van der Waals surface area contributed by atoms with E-state index >= 15 is 0 Å². The van der Waals surface area contributed by atoms with Crippen LogP contribution in [0, 0.1) is 5.92 Å². The first-order valence-electron chi connectivity index (χ1n) is 4.62. The Morgan fingerprint density at radius 2 is 2.36 bits per heavy atom. The summed E-state index contributed by atoms with van der Waals surface area (Å²) in [5, 5.41) is 8.83. The molecule has 78 valence electrons. The summed E-state index contributed by atoms with van der Waals surface area (Å²) in [4.78, 5) is 4.19. The summed E-state index contributed by atoms with van der Waals surface area (Å²) in [6, 6.07) is 5.66. The molecule has 4 heteroatoms. The van der Waals surface area contributed by atoms with Gasteiger partial charge in [0.15, 0.2) is 0 Å². The van der Waals surface area contributed by atoms with Crippen molar-refractivity contribution in [3.8, 4) is 0 Å². The highest BCUT2D eigenvalue weighted by Gasteiger charge is 2.01. The van der Waals surface area contributed by atoms with Gasteiger partial charge in [-0.1, -0.05) is 13.0 Å². The van der Waals surface area contributed by atoms with Crippen molar-refractivity contribution in [2.75, 3.05) is 18.1 Å². The number of anilines is 1. The van der Waals surface area contributed by atoms with E-state index in [9.17, 15) is 0 Å². The zero-order valence-electron chi connectivity index (χ0n) is 8.31. The number of aliphatic hydroxyl groups is 1. The molecule has 1 rings (SSSR count). The molecule has 3 nitrogen and oxygen atoms in total. The largest absolute Gasteiger partial charge is 0.396 e. The minimum atomic E-state index is 0.247. The SMILES string of the molecule is CC(CO)CSCc1cccc(N)n1. The van der Waals surface area contributed by atoms with Gasteiger partial charge in [0.05, 0.1) is 5.69 Å². The standard InChI is InChI=1S/C10H16N2OS/c1-8(5-13)6-14-7-9-3-2-4-10(11)12-9/h2-4,8,13H,5-7H2,1H3,(H2,11,12). The van der Waals surface area contributed by atoms with Crippen molar-refractivity contribution in [1.29, 1.82) is 0 Å². The number of thioether (sulfide) groups is 1. The second-order valence-corrected chi connectivity index (χ2v) is 4.39. The monoisotopic (exact) mass is 212 g/mol. The molecular weight excluding hydrogens is 196 g/mol. The molecule has 0 fully saturated rings. The Labute approximate surface area is 88.7 Å². The van der Waals surface area contributed by atoms with Gasteiger partial charge in [-0.2, -0.15) is 11.8 Å². The molecule has 0 bridgehead atoms. The molecule has 0 spiro atoms. The number of nitrogens with two attached hydrogens (primary N) is 1. The Bertz CT molecular complexity index is 281. The van der Waals surface area contributed by atoms with Gasteiger partial charge in [0.2, 0.25) is 0 Å². The van der Waals surface area contributed by atoms with E-state index in [1.807, 2.05) is 19.1 Å². The molecule has 0 amide bonds. The molecule has 0 aliphatic carbocycles. The lowest BCUT2D eigenvalue weighted by Gasteiger charge is -2.06. The fraction of sp³-hybridized carbons (Fsp3) is 0.500. The summed E-state index contributed by atoms with van der Waals surface area (Å²) < 4.78 is 0. The summed E-state index contributed by atoms with van der Waals surface area (Å²) in [6.07, 6.45) is 0. The summed E-state index contributed by atoms with van der Waals surface area (Å²) >= 11 is 1.77. The van der Waals surface area contributed by atoms with Gasteiger partial charge in [-0.05, 0) is 23.8 Å². The molecule has 14 heavy (non-hydrogen) atoms. The number of hydrogen-bond donors (Lipinski definition) is 2. The molecule has 1 aromatic heterocycles. The molecule has 3 N–H and O–H groups in total. The summed E-state index contributed by atoms with van der Waals surface area (Å²) in [5.74, 6) is 2.72. The van der Waals surface area contributed by atoms with Gasteiger partial charge in [-0.25, -0.2) is 4.98 Å². The van der Waals surface area contributed by atoms with Crippen LogP contribution in [0.2, 0.25) is 0 Å². The molecule has 1 atom stereocenters. The van der Waals surface area contributed by atoms with E-state index in [-0.39, 0.29) is 6.61 Å². The van der Waals surface area contributed by atoms with Crippen LogP contribution >= 0.6 is 11.8 Å². The highest BCUT2D eigenvalue weighted by molar-refractivity contribution is 7.98. The molecule has 0 saturated heterocycles. The van der Waals surface area contributed by atoms with E-state index in [0.29, 0.717) is 11.7 Å². The average molecular weight is 212 g/mol. The number of aromatic nitrogens is 1. The zero-order valence-corrected chi connectivity index (χ0v) is 9.13. The maximum Gasteiger partial charge on any atom is 0.123 e. The minimum Gasteiger partial charge on any atom is -0.396 e. The second-order valence-electron chi connectivity index (χ2n) is 3.36. The van der Waals surface area contributed by atoms with Gasteiger partial charge < -0.3 is 10.8 Å². The fourth-order valence-corrected chi connectivity index (χ4v) is 1.99. The van der Waals surface area contributed by atoms with Crippen LogP contribution in [0.25, 0.3) is 0 Å². The van der Waals surface area contributed by atoms with Gasteiger partial charge in [0.1, 0.15) is 5.82 Å². The third-order valence-electron chi connectivity index (χ3n) is 1.79. The van der Waals surface area contributed by atoms with Crippen LogP contribution in [0.1, 0.15) is 12.6 Å². The van der Waals surface area contributed by atoms with Crippen molar-refractivity contribution < 1.29 is 5.11 Å². The molecule has 0 aromatic carbocycles. The Morgan fingerprint density at radius 3 is 3.00 bits per heavy atom. The normalized spacial score (nSPS) is 12.7. The van der Waals surface area contributed by atoms with E-state index in [4.69, 9.17) is 10.8 Å². The third kappa shape index (κ3) is 3.98. The molecule has 0 radical (unpaired) electrons. The van der Waals surface area contributed by atoms with E-state index in [2.05, 4.69) is 4.98 Å². The Hall–Kier alpha value is -0.740. The van der Waals surface area contributed by atoms with Crippen LogP contribution in [0.15, 0.2) is 18.2 Å². The van der Waals surface area contributed by atoms with Crippen LogP contribution in [0.5, 0.6) is 0 Å². The highest BCUT2D eigenvalue weighted by Crippen LogP contribution is 2.14. The molecular formula is C10H16N2OS. The summed E-state index contributed by atoms with van der Waals surface area (Å²) in [5.41, 5.74) is 6.56. The lowest BCUT2D eigenvalue weighted by atomic mass is 10.2. The zero-order chi connectivity index (χ0) is 10.4. The van der Waals surface area contributed by atoms with Crippen molar-refractivity contribution in [3.63, 3.8) is 0 Å². The van der Waals surface area contributed by atoms with Gasteiger partial charge in [-0.15, -0.1) is 0 Å². The van der Waals surface area contributed by atoms with Crippen molar-refractivity contribution in [1.82, 2.24) is 4.98 Å². The topological polar surface area (TPSA) is 59.1 Å². The maximum atomic E-state index is 8.83. The fourth-order valence-electron chi connectivity index (χ4n) is 0.996. The first kappa shape index (κ1) is 11.3. The smallest absolute Gasteiger partial charge is 0.123 e. The van der Waals surface area contributed by atoms with Gasteiger partial charge in [0, 0.05) is 12.4 Å². The minimum absolute atomic E-state index is 0.247.